The second kappa shape index (κ2) is 6.66. The second-order valence-corrected chi connectivity index (χ2v) is 5.77. The lowest BCUT2D eigenvalue weighted by Crippen LogP contribution is -2.45. The van der Waals surface area contributed by atoms with Crippen molar-refractivity contribution in [3.05, 3.63) is 33.8 Å². The minimum absolute atomic E-state index is 0.0389. The topological polar surface area (TPSA) is 41.5 Å². The van der Waals surface area contributed by atoms with Gasteiger partial charge in [-0.05, 0) is 42.5 Å². The maximum absolute atomic E-state index is 9.27. The van der Waals surface area contributed by atoms with Gasteiger partial charge < -0.3 is 15.2 Å². The summed E-state index contributed by atoms with van der Waals surface area (Å²) in [5, 5.41) is 12.7. The Balaban J connectivity index is 1.97. The average molecular weight is 314 g/mol. The lowest BCUT2D eigenvalue weighted by atomic mass is 9.88. The molecule has 0 aliphatic heterocycles. The number of nitrogens with one attached hydrogen (secondary N) is 1. The molecule has 0 spiro atoms. The molecule has 2 N–H and O–H groups in total. The van der Waals surface area contributed by atoms with Crippen molar-refractivity contribution in [1.82, 2.24) is 5.32 Å². The summed E-state index contributed by atoms with van der Waals surface area (Å²) in [5.74, 6) is 0. The molecule has 0 heterocycles. The predicted molar refractivity (Wildman–Crippen MR) is 75.8 cm³/mol. The molecule has 4 heteroatoms. The Hall–Kier alpha value is -0.420. The highest BCUT2D eigenvalue weighted by atomic mass is 79.9. The number of ether oxygens (including phenoxy) is 1. The first-order valence-corrected chi connectivity index (χ1v) is 7.15. The number of fused-ring (bicyclic) bond motifs is 1. The standard InChI is InChI=1S/C14H20BrNO2/c1-18-9-14(8-17)16-13-5-3-10-6-12(15)4-2-11(10)7-13/h2,4,6,13-14,16-17H,3,5,7-9H2,1H3. The van der Waals surface area contributed by atoms with Gasteiger partial charge in [-0.25, -0.2) is 0 Å². The number of aliphatic hydroxyl groups is 1. The fourth-order valence-corrected chi connectivity index (χ4v) is 2.96. The maximum atomic E-state index is 9.27. The minimum atomic E-state index is 0.0389. The van der Waals surface area contributed by atoms with Crippen LogP contribution >= 0.6 is 15.9 Å². The van der Waals surface area contributed by atoms with E-state index in [4.69, 9.17) is 4.74 Å². The molecule has 3 nitrogen and oxygen atoms in total. The van der Waals surface area contributed by atoms with Gasteiger partial charge in [-0.1, -0.05) is 22.0 Å². The van der Waals surface area contributed by atoms with Gasteiger partial charge in [-0.2, -0.15) is 0 Å². The molecular weight excluding hydrogens is 294 g/mol. The van der Waals surface area contributed by atoms with E-state index in [-0.39, 0.29) is 12.6 Å². The van der Waals surface area contributed by atoms with E-state index in [2.05, 4.69) is 39.4 Å². The Bertz CT molecular complexity index is 397. The molecule has 1 aliphatic rings. The minimum Gasteiger partial charge on any atom is -0.395 e. The molecule has 0 bridgehead atoms. The summed E-state index contributed by atoms with van der Waals surface area (Å²) in [6.45, 7) is 0.678. The molecule has 100 valence electrons. The van der Waals surface area contributed by atoms with Crippen molar-refractivity contribution in [3.8, 4) is 0 Å². The highest BCUT2D eigenvalue weighted by Crippen LogP contribution is 2.24. The average Bonchev–Trinajstić information content (AvgIpc) is 2.38. The summed E-state index contributed by atoms with van der Waals surface area (Å²) in [6.07, 6.45) is 3.24. The van der Waals surface area contributed by atoms with Crippen molar-refractivity contribution in [2.75, 3.05) is 20.3 Å². The lowest BCUT2D eigenvalue weighted by Gasteiger charge is -2.29. The summed E-state index contributed by atoms with van der Waals surface area (Å²) in [6, 6.07) is 6.98. The largest absolute Gasteiger partial charge is 0.395 e. The zero-order valence-corrected chi connectivity index (χ0v) is 12.2. The van der Waals surface area contributed by atoms with Crippen molar-refractivity contribution in [1.29, 1.82) is 0 Å². The Morgan fingerprint density at radius 2 is 2.33 bits per heavy atom. The first kappa shape index (κ1) is 14.0. The van der Waals surface area contributed by atoms with Gasteiger partial charge in [0.25, 0.3) is 0 Å². The summed E-state index contributed by atoms with van der Waals surface area (Å²) >= 11 is 3.51. The molecule has 1 aliphatic carbocycles. The van der Waals surface area contributed by atoms with Crippen LogP contribution in [0.2, 0.25) is 0 Å². The first-order chi connectivity index (χ1) is 8.72. The molecule has 0 amide bonds. The van der Waals surface area contributed by atoms with Crippen LogP contribution in [0.1, 0.15) is 17.5 Å². The van der Waals surface area contributed by atoms with Gasteiger partial charge in [0, 0.05) is 17.6 Å². The Morgan fingerprint density at radius 3 is 3.06 bits per heavy atom. The van der Waals surface area contributed by atoms with Crippen molar-refractivity contribution in [2.45, 2.75) is 31.3 Å². The van der Waals surface area contributed by atoms with Crippen LogP contribution in [-0.4, -0.2) is 37.5 Å². The summed E-state index contributed by atoms with van der Waals surface area (Å²) in [7, 11) is 1.66. The van der Waals surface area contributed by atoms with Crippen molar-refractivity contribution < 1.29 is 9.84 Å². The van der Waals surface area contributed by atoms with Gasteiger partial charge in [-0.15, -0.1) is 0 Å². The fourth-order valence-electron chi connectivity index (χ4n) is 2.55. The normalized spacial score (nSPS) is 20.5. The van der Waals surface area contributed by atoms with Crippen molar-refractivity contribution in [3.63, 3.8) is 0 Å². The van der Waals surface area contributed by atoms with Crippen LogP contribution in [0.5, 0.6) is 0 Å². The molecule has 2 atom stereocenters. The highest BCUT2D eigenvalue weighted by Gasteiger charge is 2.21. The van der Waals surface area contributed by atoms with Gasteiger partial charge in [0.15, 0.2) is 0 Å². The number of aliphatic hydroxyl groups excluding tert-OH is 1. The predicted octanol–water partition coefficient (Wildman–Crippen LogP) is 1.90. The first-order valence-electron chi connectivity index (χ1n) is 6.36. The van der Waals surface area contributed by atoms with E-state index in [1.54, 1.807) is 7.11 Å². The van der Waals surface area contributed by atoms with E-state index in [1.165, 1.54) is 11.1 Å². The summed E-state index contributed by atoms with van der Waals surface area (Å²) < 4.78 is 6.25. The summed E-state index contributed by atoms with van der Waals surface area (Å²) in [5.41, 5.74) is 2.85. The number of halogens is 1. The van der Waals surface area contributed by atoms with E-state index in [0.29, 0.717) is 12.6 Å². The Kier molecular flexibility index (Phi) is 5.18. The number of hydrogen-bond donors (Lipinski definition) is 2. The molecule has 18 heavy (non-hydrogen) atoms. The molecule has 0 saturated heterocycles. The Labute approximate surface area is 117 Å². The van der Waals surface area contributed by atoms with Crippen LogP contribution in [-0.2, 0) is 17.6 Å². The van der Waals surface area contributed by atoms with Crippen molar-refractivity contribution in [2.24, 2.45) is 0 Å². The van der Waals surface area contributed by atoms with E-state index < -0.39 is 0 Å². The lowest BCUT2D eigenvalue weighted by molar-refractivity contribution is 0.120. The molecule has 2 unspecified atom stereocenters. The van der Waals surface area contributed by atoms with E-state index in [1.807, 2.05) is 0 Å². The highest BCUT2D eigenvalue weighted by molar-refractivity contribution is 9.10. The molecule has 1 aromatic rings. The van der Waals surface area contributed by atoms with Crippen molar-refractivity contribution >= 4 is 15.9 Å². The molecular formula is C14H20BrNO2. The third-order valence-electron chi connectivity index (χ3n) is 3.46. The molecule has 0 fully saturated rings. The van der Waals surface area contributed by atoms with E-state index in [9.17, 15) is 5.11 Å². The quantitative estimate of drug-likeness (QED) is 0.872. The smallest absolute Gasteiger partial charge is 0.0638 e. The zero-order chi connectivity index (χ0) is 13.0. The van der Waals surface area contributed by atoms with Crippen LogP contribution in [0.4, 0.5) is 0 Å². The molecule has 2 rings (SSSR count). The van der Waals surface area contributed by atoms with E-state index >= 15 is 0 Å². The van der Waals surface area contributed by atoms with E-state index in [0.717, 1.165) is 23.7 Å². The zero-order valence-electron chi connectivity index (χ0n) is 10.7. The van der Waals surface area contributed by atoms with Gasteiger partial charge in [-0.3, -0.25) is 0 Å². The molecule has 1 aromatic carbocycles. The van der Waals surface area contributed by atoms with Gasteiger partial charge >= 0.3 is 0 Å². The van der Waals surface area contributed by atoms with Crippen LogP contribution in [0.3, 0.4) is 0 Å². The van der Waals surface area contributed by atoms with Gasteiger partial charge in [0.2, 0.25) is 0 Å². The number of rotatable bonds is 5. The molecule has 0 radical (unpaired) electrons. The van der Waals surface area contributed by atoms with Gasteiger partial charge in [0.05, 0.1) is 19.3 Å². The maximum Gasteiger partial charge on any atom is 0.0638 e. The second-order valence-electron chi connectivity index (χ2n) is 4.85. The molecule has 0 aromatic heterocycles. The third-order valence-corrected chi connectivity index (χ3v) is 3.95. The van der Waals surface area contributed by atoms with Crippen LogP contribution < -0.4 is 5.32 Å². The number of aryl methyl sites for hydroxylation is 1. The summed E-state index contributed by atoms with van der Waals surface area (Å²) in [4.78, 5) is 0. The number of benzene rings is 1. The number of methoxy groups -OCH3 is 1. The SMILES string of the molecule is COCC(CO)NC1CCc2cc(Br)ccc2C1. The monoisotopic (exact) mass is 313 g/mol. The van der Waals surface area contributed by atoms with Gasteiger partial charge in [0.1, 0.15) is 0 Å². The Morgan fingerprint density at radius 1 is 1.50 bits per heavy atom. The molecule has 0 saturated carbocycles. The van der Waals surface area contributed by atoms with Crippen LogP contribution in [0, 0.1) is 0 Å². The fraction of sp³-hybridized carbons (Fsp3) is 0.571. The number of hydrogen-bond acceptors (Lipinski definition) is 3. The van der Waals surface area contributed by atoms with Crippen LogP contribution in [0.15, 0.2) is 22.7 Å². The third kappa shape index (κ3) is 3.54. The van der Waals surface area contributed by atoms with Crippen LogP contribution in [0.25, 0.3) is 0 Å².